The standard InChI is InChI=1S/C26H27N3OS/c1-17-6-10-20(11-7-17)26(21-12-8-18(2)9-13-21)23-15-14-22(29(4)5)16-24(23)28-25(31-26)27-19(3)30/h6-16H,1-5H3,(H,27,28,30). The number of nitrogens with one attached hydrogen (secondary N) is 1. The van der Waals surface area contributed by atoms with Gasteiger partial charge in [-0.25, -0.2) is 4.99 Å². The van der Waals surface area contributed by atoms with Crippen molar-refractivity contribution in [1.29, 1.82) is 0 Å². The molecule has 3 aromatic rings. The van der Waals surface area contributed by atoms with Crippen molar-refractivity contribution in [3.05, 3.63) is 94.5 Å². The van der Waals surface area contributed by atoms with E-state index in [-0.39, 0.29) is 5.91 Å². The van der Waals surface area contributed by atoms with Crippen molar-refractivity contribution in [3.8, 4) is 0 Å². The van der Waals surface area contributed by atoms with Gasteiger partial charge in [0.25, 0.3) is 0 Å². The second-order valence-corrected chi connectivity index (χ2v) is 9.41. The first-order chi connectivity index (χ1) is 14.8. The Hall–Kier alpha value is -3.05. The van der Waals surface area contributed by atoms with Gasteiger partial charge in [0.2, 0.25) is 5.91 Å². The minimum atomic E-state index is -0.527. The number of hydrogen-bond donors (Lipinski definition) is 1. The van der Waals surface area contributed by atoms with Crippen LogP contribution in [0.2, 0.25) is 0 Å². The quantitative estimate of drug-likeness (QED) is 0.595. The van der Waals surface area contributed by atoms with E-state index in [1.54, 1.807) is 11.8 Å². The number of carbonyl (C=O) groups excluding carboxylic acids is 1. The molecular formula is C26H27N3OS. The predicted octanol–water partition coefficient (Wildman–Crippen LogP) is 5.53. The minimum Gasteiger partial charge on any atom is -0.378 e. The molecule has 0 fully saturated rings. The highest BCUT2D eigenvalue weighted by Gasteiger charge is 2.43. The second kappa shape index (κ2) is 8.23. The lowest BCUT2D eigenvalue weighted by Crippen LogP contribution is -2.36. The van der Waals surface area contributed by atoms with E-state index < -0.39 is 4.75 Å². The molecule has 1 heterocycles. The van der Waals surface area contributed by atoms with Gasteiger partial charge >= 0.3 is 0 Å². The smallest absolute Gasteiger partial charge is 0.222 e. The summed E-state index contributed by atoms with van der Waals surface area (Å²) in [4.78, 5) is 18.9. The number of thioether (sulfide) groups is 1. The summed E-state index contributed by atoms with van der Waals surface area (Å²) in [5.41, 5.74) is 7.79. The van der Waals surface area contributed by atoms with Gasteiger partial charge in [-0.15, -0.1) is 0 Å². The van der Waals surface area contributed by atoms with E-state index in [2.05, 4.69) is 90.8 Å². The molecule has 1 N–H and O–H groups in total. The number of anilines is 1. The van der Waals surface area contributed by atoms with Gasteiger partial charge in [0, 0.05) is 32.3 Å². The summed E-state index contributed by atoms with van der Waals surface area (Å²) in [6, 6.07) is 23.7. The molecule has 0 saturated carbocycles. The summed E-state index contributed by atoms with van der Waals surface area (Å²) >= 11 is 1.59. The van der Waals surface area contributed by atoms with Crippen molar-refractivity contribution in [3.63, 3.8) is 0 Å². The first kappa shape index (κ1) is 21.2. The number of aryl methyl sites for hydroxylation is 2. The lowest BCUT2D eigenvalue weighted by Gasteiger charge is -2.39. The molecule has 0 unspecified atom stereocenters. The van der Waals surface area contributed by atoms with Crippen LogP contribution in [0.4, 0.5) is 11.4 Å². The van der Waals surface area contributed by atoms with Gasteiger partial charge in [-0.1, -0.05) is 77.5 Å². The number of hydrogen-bond acceptors (Lipinski definition) is 4. The number of aliphatic imine (C=N–C) groups is 1. The van der Waals surface area contributed by atoms with Crippen molar-refractivity contribution >= 4 is 34.2 Å². The van der Waals surface area contributed by atoms with Crippen LogP contribution in [0, 0.1) is 13.8 Å². The van der Waals surface area contributed by atoms with Crippen LogP contribution < -0.4 is 10.2 Å². The molecule has 0 spiro atoms. The molecular weight excluding hydrogens is 402 g/mol. The number of rotatable bonds is 3. The van der Waals surface area contributed by atoms with E-state index in [9.17, 15) is 4.79 Å². The number of fused-ring (bicyclic) bond motifs is 1. The molecule has 158 valence electrons. The first-order valence-corrected chi connectivity index (χ1v) is 11.1. The van der Waals surface area contributed by atoms with Crippen LogP contribution in [0.15, 0.2) is 71.7 Å². The highest BCUT2D eigenvalue weighted by molar-refractivity contribution is 8.15. The first-order valence-electron chi connectivity index (χ1n) is 10.3. The topological polar surface area (TPSA) is 44.7 Å². The zero-order chi connectivity index (χ0) is 22.2. The average Bonchev–Trinajstić information content (AvgIpc) is 2.73. The lowest BCUT2D eigenvalue weighted by atomic mass is 9.82. The van der Waals surface area contributed by atoms with Crippen LogP contribution in [0.5, 0.6) is 0 Å². The Labute approximate surface area is 188 Å². The van der Waals surface area contributed by atoms with Crippen LogP contribution in [-0.4, -0.2) is 25.2 Å². The summed E-state index contributed by atoms with van der Waals surface area (Å²) in [6.45, 7) is 5.71. The Kier molecular flexibility index (Phi) is 5.63. The molecule has 0 radical (unpaired) electrons. The van der Waals surface area contributed by atoms with Gasteiger partial charge in [-0.3, -0.25) is 4.79 Å². The maximum atomic E-state index is 12.0. The summed E-state index contributed by atoms with van der Waals surface area (Å²) in [5, 5.41) is 3.56. The fraction of sp³-hybridized carbons (Fsp3) is 0.231. The van der Waals surface area contributed by atoms with Gasteiger partial charge in [0.05, 0.1) is 5.69 Å². The zero-order valence-electron chi connectivity index (χ0n) is 18.6. The molecule has 5 heteroatoms. The van der Waals surface area contributed by atoms with E-state index in [1.807, 2.05) is 14.1 Å². The van der Waals surface area contributed by atoms with Gasteiger partial charge < -0.3 is 10.2 Å². The normalized spacial score (nSPS) is 14.4. The van der Waals surface area contributed by atoms with Gasteiger partial charge in [0.1, 0.15) is 4.75 Å². The zero-order valence-corrected chi connectivity index (χ0v) is 19.4. The number of carbonyl (C=O) groups is 1. The van der Waals surface area contributed by atoms with E-state index in [0.717, 1.165) is 28.1 Å². The Morgan fingerprint density at radius 1 is 0.903 bits per heavy atom. The van der Waals surface area contributed by atoms with Crippen molar-refractivity contribution in [2.75, 3.05) is 19.0 Å². The van der Waals surface area contributed by atoms with Crippen LogP contribution in [0.1, 0.15) is 34.7 Å². The van der Waals surface area contributed by atoms with Gasteiger partial charge in [0.15, 0.2) is 5.17 Å². The Morgan fingerprint density at radius 3 is 1.94 bits per heavy atom. The molecule has 31 heavy (non-hydrogen) atoms. The lowest BCUT2D eigenvalue weighted by molar-refractivity contribution is -0.117. The predicted molar refractivity (Wildman–Crippen MR) is 132 cm³/mol. The van der Waals surface area contributed by atoms with Gasteiger partial charge in [-0.05, 0) is 37.1 Å². The average molecular weight is 430 g/mol. The number of amidine groups is 1. The summed E-state index contributed by atoms with van der Waals surface area (Å²) in [5.74, 6) is -0.125. The van der Waals surface area contributed by atoms with Crippen LogP contribution in [0.25, 0.3) is 0 Å². The molecule has 4 nitrogen and oxygen atoms in total. The summed E-state index contributed by atoms with van der Waals surface area (Å²) in [7, 11) is 4.04. The SMILES string of the molecule is CC(=O)NC1=Nc2cc(N(C)C)ccc2C(c2ccc(C)cc2)(c2ccc(C)cc2)S1. The van der Waals surface area contributed by atoms with Crippen LogP contribution in [0.3, 0.4) is 0 Å². The highest BCUT2D eigenvalue weighted by atomic mass is 32.2. The molecule has 0 saturated heterocycles. The van der Waals surface area contributed by atoms with Crippen molar-refractivity contribution < 1.29 is 4.79 Å². The van der Waals surface area contributed by atoms with E-state index in [4.69, 9.17) is 4.99 Å². The van der Waals surface area contributed by atoms with Crippen molar-refractivity contribution in [2.24, 2.45) is 4.99 Å². The third-order valence-corrected chi connectivity index (χ3v) is 6.93. The van der Waals surface area contributed by atoms with Crippen molar-refractivity contribution in [1.82, 2.24) is 5.32 Å². The number of amides is 1. The maximum Gasteiger partial charge on any atom is 0.222 e. The van der Waals surface area contributed by atoms with Crippen molar-refractivity contribution in [2.45, 2.75) is 25.5 Å². The number of benzene rings is 3. The third-order valence-electron chi connectivity index (χ3n) is 5.55. The molecule has 4 rings (SSSR count). The molecule has 0 atom stereocenters. The van der Waals surface area contributed by atoms with Gasteiger partial charge in [-0.2, -0.15) is 0 Å². The minimum absolute atomic E-state index is 0.125. The van der Waals surface area contributed by atoms with E-state index in [1.165, 1.54) is 18.1 Å². The number of nitrogens with zero attached hydrogens (tertiary/aromatic N) is 2. The molecule has 1 aliphatic rings. The maximum absolute atomic E-state index is 12.0. The molecule has 0 bridgehead atoms. The summed E-state index contributed by atoms with van der Waals surface area (Å²) < 4.78 is -0.527. The van der Waals surface area contributed by atoms with Crippen LogP contribution >= 0.6 is 11.8 Å². The third kappa shape index (κ3) is 3.98. The fourth-order valence-electron chi connectivity index (χ4n) is 3.90. The Balaban J connectivity index is 2.03. The molecule has 0 aromatic heterocycles. The fourth-order valence-corrected chi connectivity index (χ4v) is 5.32. The second-order valence-electron chi connectivity index (χ2n) is 8.21. The molecule has 1 amide bonds. The Morgan fingerprint density at radius 2 is 1.45 bits per heavy atom. The molecule has 0 aliphatic carbocycles. The van der Waals surface area contributed by atoms with Crippen LogP contribution in [-0.2, 0) is 9.54 Å². The largest absolute Gasteiger partial charge is 0.378 e. The summed E-state index contributed by atoms with van der Waals surface area (Å²) in [6.07, 6.45) is 0. The van der Waals surface area contributed by atoms with E-state index >= 15 is 0 Å². The van der Waals surface area contributed by atoms with E-state index in [0.29, 0.717) is 5.17 Å². The molecule has 1 aliphatic heterocycles. The monoisotopic (exact) mass is 429 g/mol. The highest BCUT2D eigenvalue weighted by Crippen LogP contribution is 2.54. The Bertz CT molecular complexity index is 1100. The molecule has 3 aromatic carbocycles.